The van der Waals surface area contributed by atoms with E-state index in [9.17, 15) is 9.59 Å². The topological polar surface area (TPSA) is 116 Å². The second-order valence-electron chi connectivity index (χ2n) is 3.24. The molecule has 0 aliphatic rings. The van der Waals surface area contributed by atoms with Gasteiger partial charge in [0.1, 0.15) is 0 Å². The van der Waals surface area contributed by atoms with Crippen LogP contribution in [0.5, 0.6) is 0 Å². The Labute approximate surface area is 108 Å². The Kier molecular flexibility index (Phi) is 4.88. The molecule has 1 aromatic carbocycles. The Morgan fingerprint density at radius 2 is 1.94 bits per heavy atom. The van der Waals surface area contributed by atoms with E-state index in [1.54, 1.807) is 18.2 Å². The van der Waals surface area contributed by atoms with Gasteiger partial charge < -0.3 is 16.2 Å². The highest BCUT2D eigenvalue weighted by Gasteiger charge is 2.09. The highest BCUT2D eigenvalue weighted by molar-refractivity contribution is 7.80. The Bertz CT molecular complexity index is 478. The zero-order chi connectivity index (χ0) is 13.5. The number of nitrogens with two attached hydrogens (primary N) is 1. The van der Waals surface area contributed by atoms with E-state index in [1.165, 1.54) is 6.07 Å². The maximum absolute atomic E-state index is 11.3. The number of rotatable bonds is 4. The molecule has 7 nitrogen and oxygen atoms in total. The molecular weight excluding hydrogens is 256 g/mol. The molecule has 0 unspecified atom stereocenters. The monoisotopic (exact) mass is 268 g/mol. The van der Waals surface area contributed by atoms with Gasteiger partial charge >= 0.3 is 5.97 Å². The van der Waals surface area contributed by atoms with Crippen molar-refractivity contribution in [3.63, 3.8) is 0 Å². The van der Waals surface area contributed by atoms with E-state index < -0.39 is 11.9 Å². The summed E-state index contributed by atoms with van der Waals surface area (Å²) in [6.07, 6.45) is 0. The second kappa shape index (κ2) is 6.40. The summed E-state index contributed by atoms with van der Waals surface area (Å²) in [5, 5.41) is 11.6. The molecule has 1 aromatic rings. The number of nitrogens with one attached hydrogen (secondary N) is 3. The summed E-state index contributed by atoms with van der Waals surface area (Å²) in [5.74, 6) is -1.50. The van der Waals surface area contributed by atoms with E-state index in [1.807, 2.05) is 0 Å². The van der Waals surface area contributed by atoms with Crippen LogP contribution in [0.15, 0.2) is 24.3 Å². The fraction of sp³-hybridized carbons (Fsp3) is 0.100. The number of amides is 1. The molecule has 1 amide bonds. The third-order valence-electron chi connectivity index (χ3n) is 1.92. The molecular formula is C10H12N4O3S. The SMILES string of the molecule is NC(=S)NNC(=O)CNc1ccccc1C(=O)O. The molecule has 0 heterocycles. The van der Waals surface area contributed by atoms with Gasteiger partial charge in [-0.2, -0.15) is 0 Å². The van der Waals surface area contributed by atoms with Gasteiger partial charge in [0.05, 0.1) is 12.1 Å². The van der Waals surface area contributed by atoms with Crippen LogP contribution < -0.4 is 21.9 Å². The van der Waals surface area contributed by atoms with E-state index in [4.69, 9.17) is 10.8 Å². The molecule has 96 valence electrons. The molecule has 1 rings (SSSR count). The van der Waals surface area contributed by atoms with Crippen molar-refractivity contribution < 1.29 is 14.7 Å². The van der Waals surface area contributed by atoms with Gasteiger partial charge in [0.25, 0.3) is 5.91 Å². The maximum Gasteiger partial charge on any atom is 0.337 e. The minimum Gasteiger partial charge on any atom is -0.478 e. The zero-order valence-corrected chi connectivity index (χ0v) is 10.1. The zero-order valence-electron chi connectivity index (χ0n) is 9.27. The molecule has 8 heteroatoms. The fourth-order valence-electron chi connectivity index (χ4n) is 1.17. The normalized spacial score (nSPS) is 9.33. The summed E-state index contributed by atoms with van der Waals surface area (Å²) in [4.78, 5) is 22.2. The van der Waals surface area contributed by atoms with Gasteiger partial charge in [-0.25, -0.2) is 4.79 Å². The lowest BCUT2D eigenvalue weighted by atomic mass is 10.2. The average molecular weight is 268 g/mol. The van der Waals surface area contributed by atoms with E-state index in [-0.39, 0.29) is 17.2 Å². The molecule has 0 spiro atoms. The van der Waals surface area contributed by atoms with Crippen LogP contribution in [-0.4, -0.2) is 28.6 Å². The summed E-state index contributed by atoms with van der Waals surface area (Å²) in [6.45, 7) is -0.111. The molecule has 0 bridgehead atoms. The number of para-hydroxylation sites is 1. The first kappa shape index (κ1) is 13.7. The molecule has 0 aliphatic carbocycles. The molecule has 0 fully saturated rings. The van der Waals surface area contributed by atoms with E-state index in [0.29, 0.717) is 5.69 Å². The van der Waals surface area contributed by atoms with Crippen LogP contribution in [-0.2, 0) is 4.79 Å². The van der Waals surface area contributed by atoms with E-state index in [0.717, 1.165) is 0 Å². The quantitative estimate of drug-likeness (QED) is 0.374. The van der Waals surface area contributed by atoms with Crippen molar-refractivity contribution >= 4 is 34.9 Å². The minimum absolute atomic E-state index is 0.0608. The Morgan fingerprint density at radius 1 is 1.28 bits per heavy atom. The van der Waals surface area contributed by atoms with Crippen LogP contribution in [0.4, 0.5) is 5.69 Å². The van der Waals surface area contributed by atoms with Crippen molar-refractivity contribution in [2.24, 2.45) is 5.73 Å². The number of anilines is 1. The van der Waals surface area contributed by atoms with Gasteiger partial charge in [-0.1, -0.05) is 12.1 Å². The lowest BCUT2D eigenvalue weighted by Gasteiger charge is -2.10. The van der Waals surface area contributed by atoms with Gasteiger partial charge in [-0.15, -0.1) is 0 Å². The lowest BCUT2D eigenvalue weighted by molar-refractivity contribution is -0.119. The van der Waals surface area contributed by atoms with Crippen molar-refractivity contribution in [2.45, 2.75) is 0 Å². The Hall–Kier alpha value is -2.35. The second-order valence-corrected chi connectivity index (χ2v) is 3.68. The van der Waals surface area contributed by atoms with Crippen molar-refractivity contribution in [2.75, 3.05) is 11.9 Å². The number of carbonyl (C=O) groups is 2. The third kappa shape index (κ3) is 4.26. The molecule has 6 N–H and O–H groups in total. The maximum atomic E-state index is 11.3. The van der Waals surface area contributed by atoms with Crippen LogP contribution in [0.3, 0.4) is 0 Å². The number of hydrazine groups is 1. The minimum atomic E-state index is -1.07. The number of hydrogen-bond donors (Lipinski definition) is 5. The van der Waals surface area contributed by atoms with Crippen LogP contribution >= 0.6 is 12.2 Å². The van der Waals surface area contributed by atoms with Gasteiger partial charge in [-0.05, 0) is 24.4 Å². The van der Waals surface area contributed by atoms with E-state index >= 15 is 0 Å². The summed E-state index contributed by atoms with van der Waals surface area (Å²) >= 11 is 4.50. The number of hydrogen-bond acceptors (Lipinski definition) is 4. The van der Waals surface area contributed by atoms with Gasteiger partial charge in [0.15, 0.2) is 5.11 Å². The van der Waals surface area contributed by atoms with Crippen molar-refractivity contribution in [1.82, 2.24) is 10.9 Å². The fourth-order valence-corrected chi connectivity index (χ4v) is 1.23. The number of carbonyl (C=O) groups excluding carboxylic acids is 1. The predicted octanol–water partition coefficient (Wildman–Crippen LogP) is -0.339. The molecule has 0 atom stereocenters. The van der Waals surface area contributed by atoms with Gasteiger partial charge in [0, 0.05) is 5.69 Å². The number of aromatic carboxylic acids is 1. The first-order valence-electron chi connectivity index (χ1n) is 4.91. The molecule has 18 heavy (non-hydrogen) atoms. The lowest BCUT2D eigenvalue weighted by Crippen LogP contribution is -2.46. The third-order valence-corrected chi connectivity index (χ3v) is 2.02. The van der Waals surface area contributed by atoms with E-state index in [2.05, 4.69) is 28.4 Å². The number of carboxylic acids is 1. The average Bonchev–Trinajstić information content (AvgIpc) is 2.34. The number of thiocarbonyl (C=S) groups is 1. The predicted molar refractivity (Wildman–Crippen MR) is 70.0 cm³/mol. The summed E-state index contributed by atoms with van der Waals surface area (Å²) in [7, 11) is 0. The number of carboxylic acid groups (broad SMARTS) is 1. The summed E-state index contributed by atoms with van der Waals surface area (Å²) in [6, 6.07) is 6.27. The van der Waals surface area contributed by atoms with Crippen molar-refractivity contribution in [1.29, 1.82) is 0 Å². The summed E-state index contributed by atoms with van der Waals surface area (Å²) < 4.78 is 0. The Morgan fingerprint density at radius 3 is 2.56 bits per heavy atom. The standard InChI is InChI=1S/C10H12N4O3S/c11-10(18)14-13-8(15)5-12-7-4-2-1-3-6(7)9(16)17/h1-4,12H,5H2,(H,13,15)(H,16,17)(H3,11,14,18). The Balaban J connectivity index is 2.56. The molecule has 0 radical (unpaired) electrons. The molecule has 0 saturated heterocycles. The van der Waals surface area contributed by atoms with Crippen LogP contribution in [0.25, 0.3) is 0 Å². The van der Waals surface area contributed by atoms with Crippen LogP contribution in [0, 0.1) is 0 Å². The first-order valence-corrected chi connectivity index (χ1v) is 5.32. The van der Waals surface area contributed by atoms with Gasteiger partial charge in [0.2, 0.25) is 0 Å². The number of benzene rings is 1. The van der Waals surface area contributed by atoms with Crippen molar-refractivity contribution in [3.05, 3.63) is 29.8 Å². The highest BCUT2D eigenvalue weighted by Crippen LogP contribution is 2.14. The summed E-state index contributed by atoms with van der Waals surface area (Å²) in [5.41, 5.74) is 10.1. The van der Waals surface area contributed by atoms with Crippen LogP contribution in [0.2, 0.25) is 0 Å². The smallest absolute Gasteiger partial charge is 0.337 e. The largest absolute Gasteiger partial charge is 0.478 e. The molecule has 0 aromatic heterocycles. The van der Waals surface area contributed by atoms with Gasteiger partial charge in [-0.3, -0.25) is 15.6 Å². The first-order chi connectivity index (χ1) is 8.50. The van der Waals surface area contributed by atoms with Crippen LogP contribution in [0.1, 0.15) is 10.4 Å². The van der Waals surface area contributed by atoms with Crippen molar-refractivity contribution in [3.8, 4) is 0 Å². The molecule has 0 saturated carbocycles. The highest BCUT2D eigenvalue weighted by atomic mass is 32.1. The molecule has 0 aliphatic heterocycles.